The lowest BCUT2D eigenvalue weighted by molar-refractivity contribution is 0.595. The third kappa shape index (κ3) is 3.45. The fraction of sp³-hybridized carbons (Fsp3) is 0.308. The first-order valence-corrected chi connectivity index (χ1v) is 4.82. The summed E-state index contributed by atoms with van der Waals surface area (Å²) < 4.78 is 0. The van der Waals surface area contributed by atoms with Gasteiger partial charge in [0.25, 0.3) is 0 Å². The summed E-state index contributed by atoms with van der Waals surface area (Å²) in [5.74, 6) is 0.583. The molecule has 0 bridgehead atoms. The Morgan fingerprint density at radius 1 is 1.23 bits per heavy atom. The minimum Gasteiger partial charge on any atom is -0.103 e. The molecule has 1 aromatic rings. The van der Waals surface area contributed by atoms with Crippen molar-refractivity contribution in [1.82, 2.24) is 0 Å². The van der Waals surface area contributed by atoms with Gasteiger partial charge in [-0.15, -0.1) is 6.58 Å². The van der Waals surface area contributed by atoms with E-state index in [0.717, 1.165) is 19.3 Å². The molecule has 0 aliphatic carbocycles. The molecule has 0 amide bonds. The Labute approximate surface area is 81.3 Å². The Morgan fingerprint density at radius 2 is 1.92 bits per heavy atom. The van der Waals surface area contributed by atoms with E-state index < -0.39 is 0 Å². The second-order valence-electron chi connectivity index (χ2n) is 3.33. The van der Waals surface area contributed by atoms with Crippen molar-refractivity contribution < 1.29 is 0 Å². The molecule has 0 nitrogen and oxygen atoms in total. The quantitative estimate of drug-likeness (QED) is 0.596. The summed E-state index contributed by atoms with van der Waals surface area (Å²) in [7, 11) is 0. The number of hydrogen-bond acceptors (Lipinski definition) is 0. The van der Waals surface area contributed by atoms with Crippen molar-refractivity contribution in [2.24, 2.45) is 5.92 Å². The second-order valence-corrected chi connectivity index (χ2v) is 3.33. The summed E-state index contributed by atoms with van der Waals surface area (Å²) in [6.45, 7) is 7.72. The number of benzene rings is 1. The summed E-state index contributed by atoms with van der Waals surface area (Å²) in [5, 5.41) is 0. The predicted molar refractivity (Wildman–Crippen MR) is 58.4 cm³/mol. The zero-order chi connectivity index (χ0) is 9.52. The second kappa shape index (κ2) is 5.58. The Kier molecular flexibility index (Phi) is 4.31. The van der Waals surface area contributed by atoms with Gasteiger partial charge in [0.1, 0.15) is 0 Å². The van der Waals surface area contributed by atoms with Crippen molar-refractivity contribution in [3.8, 4) is 0 Å². The van der Waals surface area contributed by atoms with E-state index in [1.54, 1.807) is 0 Å². The van der Waals surface area contributed by atoms with E-state index in [1.165, 1.54) is 5.56 Å². The first-order valence-electron chi connectivity index (χ1n) is 4.82. The van der Waals surface area contributed by atoms with E-state index in [-0.39, 0.29) is 0 Å². The molecule has 0 aliphatic rings. The zero-order valence-electron chi connectivity index (χ0n) is 8.08. The summed E-state index contributed by atoms with van der Waals surface area (Å²) in [6.07, 6.45) is 5.26. The average Bonchev–Trinajstić information content (AvgIpc) is 2.19. The highest BCUT2D eigenvalue weighted by Crippen LogP contribution is 2.14. The van der Waals surface area contributed by atoms with Crippen molar-refractivity contribution in [3.05, 3.63) is 55.5 Å². The third-order valence-electron chi connectivity index (χ3n) is 2.25. The number of hydrogen-bond donors (Lipinski definition) is 0. The van der Waals surface area contributed by atoms with Crippen LogP contribution in [0.5, 0.6) is 0 Å². The van der Waals surface area contributed by atoms with E-state index in [9.17, 15) is 0 Å². The molecule has 0 fully saturated rings. The van der Waals surface area contributed by atoms with E-state index in [0.29, 0.717) is 5.92 Å². The summed E-state index contributed by atoms with van der Waals surface area (Å²) >= 11 is 0. The molecule has 1 aromatic carbocycles. The predicted octanol–water partition coefficient (Wildman–Crippen LogP) is 3.65. The highest BCUT2D eigenvalue weighted by atomic mass is 14.1. The van der Waals surface area contributed by atoms with Crippen LogP contribution >= 0.6 is 0 Å². The Bertz CT molecular complexity index is 235. The van der Waals surface area contributed by atoms with Gasteiger partial charge in [0, 0.05) is 0 Å². The molecule has 0 heteroatoms. The molecule has 0 saturated carbocycles. The zero-order valence-corrected chi connectivity index (χ0v) is 8.08. The van der Waals surface area contributed by atoms with Crippen LogP contribution in [0.15, 0.2) is 43.0 Å². The van der Waals surface area contributed by atoms with Gasteiger partial charge in [-0.25, -0.2) is 0 Å². The van der Waals surface area contributed by atoms with Crippen molar-refractivity contribution in [2.45, 2.75) is 19.3 Å². The lowest BCUT2D eigenvalue weighted by atomic mass is 9.95. The SMILES string of the molecule is [CH2]CCC(C=C)Cc1ccccc1. The minimum absolute atomic E-state index is 0.583. The van der Waals surface area contributed by atoms with Gasteiger partial charge in [-0.2, -0.15) is 0 Å². The molecule has 0 spiro atoms. The molecule has 1 rings (SSSR count). The molecule has 69 valence electrons. The van der Waals surface area contributed by atoms with E-state index in [1.807, 2.05) is 12.1 Å². The molecule has 0 saturated heterocycles. The van der Waals surface area contributed by atoms with Crippen LogP contribution in [0.1, 0.15) is 18.4 Å². The molecule has 0 N–H and O–H groups in total. The average molecular weight is 173 g/mol. The molecule has 13 heavy (non-hydrogen) atoms. The highest BCUT2D eigenvalue weighted by molar-refractivity contribution is 5.16. The maximum atomic E-state index is 3.87. The van der Waals surface area contributed by atoms with Crippen molar-refractivity contribution in [2.75, 3.05) is 0 Å². The maximum absolute atomic E-state index is 3.87. The van der Waals surface area contributed by atoms with Gasteiger partial charge >= 0.3 is 0 Å². The number of rotatable bonds is 5. The van der Waals surface area contributed by atoms with Gasteiger partial charge in [-0.3, -0.25) is 0 Å². The van der Waals surface area contributed by atoms with Crippen LogP contribution in [0.25, 0.3) is 0 Å². The van der Waals surface area contributed by atoms with Crippen LogP contribution in [-0.2, 0) is 6.42 Å². The maximum Gasteiger partial charge on any atom is -0.0196 e. The molecular weight excluding hydrogens is 156 g/mol. The minimum atomic E-state index is 0.583. The fourth-order valence-electron chi connectivity index (χ4n) is 1.48. The van der Waals surface area contributed by atoms with Gasteiger partial charge in [0.15, 0.2) is 0 Å². The largest absolute Gasteiger partial charge is 0.103 e. The van der Waals surface area contributed by atoms with Gasteiger partial charge in [0.2, 0.25) is 0 Å². The molecule has 0 aliphatic heterocycles. The van der Waals surface area contributed by atoms with Gasteiger partial charge < -0.3 is 0 Å². The first-order chi connectivity index (χ1) is 6.36. The van der Waals surface area contributed by atoms with Crippen LogP contribution in [0.2, 0.25) is 0 Å². The molecule has 1 unspecified atom stereocenters. The molecular formula is C13H17. The van der Waals surface area contributed by atoms with E-state index >= 15 is 0 Å². The topological polar surface area (TPSA) is 0 Å². The Morgan fingerprint density at radius 3 is 2.46 bits per heavy atom. The molecule has 0 aromatic heterocycles. The van der Waals surface area contributed by atoms with Crippen LogP contribution in [0.3, 0.4) is 0 Å². The van der Waals surface area contributed by atoms with Crippen LogP contribution < -0.4 is 0 Å². The van der Waals surface area contributed by atoms with E-state index in [4.69, 9.17) is 0 Å². The standard InChI is InChI=1S/C13H17/c1-3-8-12(4-2)11-13-9-6-5-7-10-13/h4-7,9-10,12H,1-3,8,11H2. The van der Waals surface area contributed by atoms with Gasteiger partial charge in [-0.05, 0) is 24.3 Å². The highest BCUT2D eigenvalue weighted by Gasteiger charge is 2.03. The van der Waals surface area contributed by atoms with Gasteiger partial charge in [-0.1, -0.05) is 49.8 Å². The summed E-state index contributed by atoms with van der Waals surface area (Å²) in [5.41, 5.74) is 1.39. The Hall–Kier alpha value is -1.04. The van der Waals surface area contributed by atoms with Crippen LogP contribution in [0.4, 0.5) is 0 Å². The van der Waals surface area contributed by atoms with E-state index in [2.05, 4.69) is 37.8 Å². The third-order valence-corrected chi connectivity index (χ3v) is 2.25. The normalized spacial score (nSPS) is 12.4. The Balaban J connectivity index is 2.51. The van der Waals surface area contributed by atoms with Crippen molar-refractivity contribution in [3.63, 3.8) is 0 Å². The van der Waals surface area contributed by atoms with Crippen molar-refractivity contribution in [1.29, 1.82) is 0 Å². The van der Waals surface area contributed by atoms with Crippen LogP contribution in [0, 0.1) is 12.8 Å². The first kappa shape index (κ1) is 10.0. The monoisotopic (exact) mass is 173 g/mol. The lowest BCUT2D eigenvalue weighted by Crippen LogP contribution is -2.00. The summed E-state index contributed by atoms with van der Waals surface area (Å²) in [6, 6.07) is 10.5. The lowest BCUT2D eigenvalue weighted by Gasteiger charge is -2.10. The molecule has 1 atom stereocenters. The van der Waals surface area contributed by atoms with Crippen molar-refractivity contribution >= 4 is 0 Å². The summed E-state index contributed by atoms with van der Waals surface area (Å²) in [4.78, 5) is 0. The smallest absolute Gasteiger partial charge is 0.0196 e. The van der Waals surface area contributed by atoms with Gasteiger partial charge in [0.05, 0.1) is 0 Å². The molecule has 0 heterocycles. The molecule has 1 radical (unpaired) electrons. The van der Waals surface area contributed by atoms with Crippen LogP contribution in [-0.4, -0.2) is 0 Å². The number of allylic oxidation sites excluding steroid dienone is 1. The fourth-order valence-corrected chi connectivity index (χ4v) is 1.48.